The molecule has 226 valence electrons. The van der Waals surface area contributed by atoms with Crippen molar-refractivity contribution in [1.82, 2.24) is 9.13 Å². The smallest absolute Gasteiger partial charge is 0.135 e. The summed E-state index contributed by atoms with van der Waals surface area (Å²) in [5.41, 5.74) is 10.9. The Hall–Kier alpha value is -6.52. The van der Waals surface area contributed by atoms with E-state index in [2.05, 4.69) is 178 Å². The number of hydrogen-bond acceptors (Lipinski definition) is 2. The first-order chi connectivity index (χ1) is 23.8. The molecule has 7 aromatic carbocycles. The number of furan rings is 1. The number of anilines is 3. The molecular weight excluding hydrogens is 587 g/mol. The lowest BCUT2D eigenvalue weighted by Gasteiger charge is -2.25. The zero-order chi connectivity index (χ0) is 31.6. The van der Waals surface area contributed by atoms with Gasteiger partial charge in [-0.25, -0.2) is 0 Å². The predicted molar refractivity (Wildman–Crippen MR) is 200 cm³/mol. The molecule has 0 saturated carbocycles. The van der Waals surface area contributed by atoms with Crippen molar-refractivity contribution in [1.29, 1.82) is 0 Å². The molecule has 3 aromatic heterocycles. The van der Waals surface area contributed by atoms with Gasteiger partial charge in [0.25, 0.3) is 0 Å². The van der Waals surface area contributed by atoms with Crippen molar-refractivity contribution in [3.8, 4) is 11.4 Å². The fourth-order valence-corrected chi connectivity index (χ4v) is 7.37. The van der Waals surface area contributed by atoms with Crippen LogP contribution in [0.2, 0.25) is 0 Å². The topological polar surface area (TPSA) is 26.2 Å². The number of benzene rings is 7. The van der Waals surface area contributed by atoms with Crippen LogP contribution in [0.25, 0.3) is 66.0 Å². The van der Waals surface area contributed by atoms with Gasteiger partial charge in [-0.1, -0.05) is 84.9 Å². The molecule has 0 atom stereocenters. The van der Waals surface area contributed by atoms with Crippen molar-refractivity contribution in [3.05, 3.63) is 176 Å². The Morgan fingerprint density at radius 1 is 0.417 bits per heavy atom. The highest BCUT2D eigenvalue weighted by atomic mass is 16.3. The summed E-state index contributed by atoms with van der Waals surface area (Å²) in [6, 6.07) is 60.3. The van der Waals surface area contributed by atoms with Gasteiger partial charge in [-0.3, -0.25) is 0 Å². The number of nitrogens with zero attached hydrogens (tertiary/aromatic N) is 3. The molecule has 0 N–H and O–H groups in total. The third-order valence-electron chi connectivity index (χ3n) is 9.52. The molecule has 0 unspecified atom stereocenters. The van der Waals surface area contributed by atoms with Gasteiger partial charge in [0.2, 0.25) is 0 Å². The summed E-state index contributed by atoms with van der Waals surface area (Å²) in [6.07, 6.45) is 2.19. The number of para-hydroxylation sites is 4. The molecule has 0 amide bonds. The summed E-state index contributed by atoms with van der Waals surface area (Å²) in [4.78, 5) is 2.31. The van der Waals surface area contributed by atoms with E-state index >= 15 is 0 Å². The summed E-state index contributed by atoms with van der Waals surface area (Å²) in [5, 5.41) is 5.94. The SMILES string of the molecule is c1ccc(N(c2ccc(-n3ccc4ccc5c6ccccc6n(-c6ccccc6)c5c43)cc2)c2ccc3oc4ccccc4c3c2)cc1. The summed E-state index contributed by atoms with van der Waals surface area (Å²) < 4.78 is 10.9. The second kappa shape index (κ2) is 10.5. The summed E-state index contributed by atoms with van der Waals surface area (Å²) in [5.74, 6) is 0. The lowest BCUT2D eigenvalue weighted by molar-refractivity contribution is 0.669. The Morgan fingerprint density at radius 2 is 1.08 bits per heavy atom. The molecule has 4 heteroatoms. The highest BCUT2D eigenvalue weighted by Gasteiger charge is 2.19. The van der Waals surface area contributed by atoms with Crippen LogP contribution in [0.5, 0.6) is 0 Å². The molecule has 0 radical (unpaired) electrons. The van der Waals surface area contributed by atoms with Gasteiger partial charge in [0.15, 0.2) is 0 Å². The minimum absolute atomic E-state index is 0.891. The molecule has 10 aromatic rings. The van der Waals surface area contributed by atoms with Crippen molar-refractivity contribution in [2.24, 2.45) is 0 Å². The molecule has 0 saturated heterocycles. The molecule has 0 aliphatic rings. The molecule has 3 heterocycles. The van der Waals surface area contributed by atoms with Gasteiger partial charge >= 0.3 is 0 Å². The molecular formula is C44H29N3O. The summed E-state index contributed by atoms with van der Waals surface area (Å²) in [7, 11) is 0. The van der Waals surface area contributed by atoms with Crippen LogP contribution >= 0.6 is 0 Å². The van der Waals surface area contributed by atoms with Crippen LogP contribution in [0.3, 0.4) is 0 Å². The Labute approximate surface area is 276 Å². The fourth-order valence-electron chi connectivity index (χ4n) is 7.37. The Bertz CT molecular complexity index is 2770. The maximum atomic E-state index is 6.15. The van der Waals surface area contributed by atoms with Crippen LogP contribution in [-0.2, 0) is 0 Å². The van der Waals surface area contributed by atoms with Gasteiger partial charge < -0.3 is 18.5 Å². The Kier molecular flexibility index (Phi) is 5.84. The van der Waals surface area contributed by atoms with E-state index in [1.807, 2.05) is 12.1 Å². The van der Waals surface area contributed by atoms with Crippen LogP contribution in [0.1, 0.15) is 0 Å². The number of rotatable bonds is 5. The van der Waals surface area contributed by atoms with E-state index in [-0.39, 0.29) is 0 Å². The first-order valence-electron chi connectivity index (χ1n) is 16.3. The van der Waals surface area contributed by atoms with E-state index < -0.39 is 0 Å². The molecule has 0 fully saturated rings. The van der Waals surface area contributed by atoms with Crippen LogP contribution < -0.4 is 4.90 Å². The van der Waals surface area contributed by atoms with E-state index in [9.17, 15) is 0 Å². The maximum Gasteiger partial charge on any atom is 0.135 e. The minimum atomic E-state index is 0.891. The van der Waals surface area contributed by atoms with Crippen molar-refractivity contribution in [2.75, 3.05) is 4.90 Å². The van der Waals surface area contributed by atoms with Crippen molar-refractivity contribution < 1.29 is 4.42 Å². The van der Waals surface area contributed by atoms with Crippen LogP contribution in [0.4, 0.5) is 17.1 Å². The second-order valence-corrected chi connectivity index (χ2v) is 12.2. The van der Waals surface area contributed by atoms with Gasteiger partial charge in [0, 0.05) is 61.6 Å². The van der Waals surface area contributed by atoms with Crippen LogP contribution in [-0.4, -0.2) is 9.13 Å². The molecule has 10 rings (SSSR count). The summed E-state index contributed by atoms with van der Waals surface area (Å²) in [6.45, 7) is 0. The minimum Gasteiger partial charge on any atom is -0.456 e. The van der Waals surface area contributed by atoms with Crippen molar-refractivity contribution in [3.63, 3.8) is 0 Å². The second-order valence-electron chi connectivity index (χ2n) is 12.2. The van der Waals surface area contributed by atoms with E-state index in [0.29, 0.717) is 0 Å². The van der Waals surface area contributed by atoms with Crippen molar-refractivity contribution >= 4 is 71.7 Å². The van der Waals surface area contributed by atoms with Gasteiger partial charge in [-0.05, 0) is 84.9 Å². The quantitative estimate of drug-likeness (QED) is 0.193. The first-order valence-corrected chi connectivity index (χ1v) is 16.3. The molecule has 4 nitrogen and oxygen atoms in total. The largest absolute Gasteiger partial charge is 0.456 e. The standard InChI is InChI=1S/C44H29N3O/c1-3-11-32(12-4-1)46(35-24-26-42-39(29-35)37-16-8-10-18-41(37)48-42)34-22-20-31(21-23-34)45-28-27-30-19-25-38-36-15-7-9-17-40(36)47(44(38)43(30)45)33-13-5-2-6-14-33/h1-29H. The molecule has 0 bridgehead atoms. The van der Waals surface area contributed by atoms with Gasteiger partial charge in [0.05, 0.1) is 16.6 Å². The molecule has 0 aliphatic carbocycles. The lowest BCUT2D eigenvalue weighted by Crippen LogP contribution is -2.09. The van der Waals surface area contributed by atoms with E-state index in [1.165, 1.54) is 32.7 Å². The first kappa shape index (κ1) is 26.7. The van der Waals surface area contributed by atoms with Gasteiger partial charge in [-0.2, -0.15) is 0 Å². The number of aromatic nitrogens is 2. The zero-order valence-corrected chi connectivity index (χ0v) is 26.0. The molecule has 0 spiro atoms. The molecule has 0 aliphatic heterocycles. The highest BCUT2D eigenvalue weighted by molar-refractivity contribution is 6.18. The predicted octanol–water partition coefficient (Wildman–Crippen LogP) is 12.1. The third kappa shape index (κ3) is 4.03. The van der Waals surface area contributed by atoms with Gasteiger partial charge in [0.1, 0.15) is 11.2 Å². The molecule has 48 heavy (non-hydrogen) atoms. The highest BCUT2D eigenvalue weighted by Crippen LogP contribution is 2.40. The van der Waals surface area contributed by atoms with Crippen LogP contribution in [0.15, 0.2) is 180 Å². The van der Waals surface area contributed by atoms with Crippen LogP contribution in [0, 0.1) is 0 Å². The Morgan fingerprint density at radius 3 is 1.92 bits per heavy atom. The average molecular weight is 616 g/mol. The maximum absolute atomic E-state index is 6.15. The monoisotopic (exact) mass is 615 g/mol. The average Bonchev–Trinajstić information content (AvgIpc) is 3.85. The number of fused-ring (bicyclic) bond motifs is 8. The summed E-state index contributed by atoms with van der Waals surface area (Å²) >= 11 is 0. The zero-order valence-electron chi connectivity index (χ0n) is 26.0. The normalized spacial score (nSPS) is 11.8. The van der Waals surface area contributed by atoms with Crippen molar-refractivity contribution in [2.45, 2.75) is 0 Å². The third-order valence-corrected chi connectivity index (χ3v) is 9.52. The van der Waals surface area contributed by atoms with E-state index in [4.69, 9.17) is 4.42 Å². The van der Waals surface area contributed by atoms with Gasteiger partial charge in [-0.15, -0.1) is 0 Å². The van der Waals surface area contributed by atoms with E-state index in [0.717, 1.165) is 50.4 Å². The fraction of sp³-hybridized carbons (Fsp3) is 0. The lowest BCUT2D eigenvalue weighted by atomic mass is 10.1. The number of hydrogen-bond donors (Lipinski definition) is 0. The Balaban J connectivity index is 1.15. The van der Waals surface area contributed by atoms with E-state index in [1.54, 1.807) is 0 Å².